The van der Waals surface area contributed by atoms with Crippen LogP contribution in [0.4, 0.5) is 0 Å². The van der Waals surface area contributed by atoms with Crippen LogP contribution < -0.4 is 0 Å². The Kier molecular flexibility index (Phi) is 5.83. The molecule has 0 fully saturated rings. The third-order valence-corrected chi connectivity index (χ3v) is 5.74. The number of nitrogens with zero attached hydrogens (tertiary/aromatic N) is 1. The van der Waals surface area contributed by atoms with E-state index in [1.807, 2.05) is 0 Å². The molecule has 3 heteroatoms. The largest absolute Gasteiger partial charge is 0.380 e. The molecule has 0 spiro atoms. The number of fused-ring (bicyclic) bond motifs is 1. The summed E-state index contributed by atoms with van der Waals surface area (Å²) in [7, 11) is 4.19. The average Bonchev–Trinajstić information content (AvgIpc) is 2.61. The summed E-state index contributed by atoms with van der Waals surface area (Å²) in [6.45, 7) is 2.72. The highest BCUT2D eigenvalue weighted by Gasteiger charge is 2.42. The predicted octanol–water partition coefficient (Wildman–Crippen LogP) is 4.67. The van der Waals surface area contributed by atoms with Crippen molar-refractivity contribution in [3.63, 3.8) is 0 Å². The van der Waals surface area contributed by atoms with E-state index in [0.717, 1.165) is 26.2 Å². The molecular formula is C22H28ClNO. The maximum atomic E-state index is 5.89. The van der Waals surface area contributed by atoms with Gasteiger partial charge in [0.25, 0.3) is 0 Å². The third kappa shape index (κ3) is 3.48. The Hall–Kier alpha value is -1.35. The molecule has 0 N–H and O–H groups in total. The lowest BCUT2D eigenvalue weighted by Crippen LogP contribution is -2.32. The summed E-state index contributed by atoms with van der Waals surface area (Å²) in [5.41, 5.74) is 6.24. The van der Waals surface area contributed by atoms with Gasteiger partial charge in [-0.2, -0.15) is 0 Å². The van der Waals surface area contributed by atoms with Crippen LogP contribution in [0.25, 0.3) is 0 Å². The lowest BCUT2D eigenvalue weighted by atomic mass is 9.58. The Labute approximate surface area is 157 Å². The first-order chi connectivity index (χ1) is 11.8. The number of rotatable bonds is 6. The van der Waals surface area contributed by atoms with Crippen LogP contribution >= 0.6 is 12.4 Å². The first-order valence-electron chi connectivity index (χ1n) is 9.16. The second-order valence-electron chi connectivity index (χ2n) is 7.49. The summed E-state index contributed by atoms with van der Waals surface area (Å²) >= 11 is 0. The topological polar surface area (TPSA) is 12.5 Å². The van der Waals surface area contributed by atoms with Gasteiger partial charge in [-0.1, -0.05) is 48.5 Å². The summed E-state index contributed by atoms with van der Waals surface area (Å²) in [6.07, 6.45) is 2.44. The lowest BCUT2D eigenvalue weighted by molar-refractivity contribution is 0.0996. The van der Waals surface area contributed by atoms with Crippen molar-refractivity contribution in [1.82, 2.24) is 4.90 Å². The lowest BCUT2D eigenvalue weighted by Gasteiger charge is -2.45. The molecule has 0 saturated carbocycles. The summed E-state index contributed by atoms with van der Waals surface area (Å²) in [5, 5.41) is 0. The summed E-state index contributed by atoms with van der Waals surface area (Å²) in [5.74, 6) is 1.84. The molecule has 5 rings (SSSR count). The molecule has 25 heavy (non-hydrogen) atoms. The SMILES string of the molecule is CN(C)CCOCCC1CC2c3ccccc3C1c1ccccc12.Cl. The fraction of sp³-hybridized carbons (Fsp3) is 0.455. The number of likely N-dealkylation sites (N-methyl/N-ethyl adjacent to an activating group) is 1. The van der Waals surface area contributed by atoms with Crippen LogP contribution in [-0.4, -0.2) is 38.8 Å². The second-order valence-corrected chi connectivity index (χ2v) is 7.49. The number of hydrogen-bond donors (Lipinski definition) is 0. The van der Waals surface area contributed by atoms with Crippen molar-refractivity contribution >= 4 is 12.4 Å². The molecule has 2 nitrogen and oxygen atoms in total. The van der Waals surface area contributed by atoms with Crippen LogP contribution in [0.2, 0.25) is 0 Å². The van der Waals surface area contributed by atoms with Gasteiger partial charge in [0, 0.05) is 25.0 Å². The van der Waals surface area contributed by atoms with Gasteiger partial charge in [0.2, 0.25) is 0 Å². The molecule has 2 bridgehead atoms. The molecule has 0 radical (unpaired) electrons. The van der Waals surface area contributed by atoms with E-state index in [9.17, 15) is 0 Å². The highest BCUT2D eigenvalue weighted by Crippen LogP contribution is 2.56. The third-order valence-electron chi connectivity index (χ3n) is 5.74. The van der Waals surface area contributed by atoms with E-state index in [2.05, 4.69) is 67.5 Å². The molecular weight excluding hydrogens is 330 g/mol. The van der Waals surface area contributed by atoms with Crippen LogP contribution in [0, 0.1) is 5.92 Å². The summed E-state index contributed by atoms with van der Waals surface area (Å²) < 4.78 is 5.89. The Morgan fingerprint density at radius 3 is 2.00 bits per heavy atom. The van der Waals surface area contributed by atoms with Gasteiger partial charge in [0.05, 0.1) is 6.61 Å². The van der Waals surface area contributed by atoms with E-state index >= 15 is 0 Å². The number of ether oxygens (including phenoxy) is 1. The first kappa shape index (κ1) is 18.4. The number of hydrogen-bond acceptors (Lipinski definition) is 2. The second kappa shape index (κ2) is 7.90. The highest BCUT2D eigenvalue weighted by molar-refractivity contribution is 5.85. The molecule has 134 valence electrons. The van der Waals surface area contributed by atoms with Crippen molar-refractivity contribution in [3.05, 3.63) is 70.8 Å². The van der Waals surface area contributed by atoms with E-state index in [0.29, 0.717) is 17.8 Å². The van der Waals surface area contributed by atoms with Crippen molar-refractivity contribution in [3.8, 4) is 0 Å². The van der Waals surface area contributed by atoms with Crippen LogP contribution in [-0.2, 0) is 4.74 Å². The van der Waals surface area contributed by atoms with Gasteiger partial charge in [-0.05, 0) is 55.1 Å². The highest BCUT2D eigenvalue weighted by atomic mass is 35.5. The Morgan fingerprint density at radius 1 is 0.880 bits per heavy atom. The van der Waals surface area contributed by atoms with Gasteiger partial charge in [0.15, 0.2) is 0 Å². The molecule has 3 aliphatic carbocycles. The van der Waals surface area contributed by atoms with Gasteiger partial charge in [0.1, 0.15) is 0 Å². The smallest absolute Gasteiger partial charge is 0.0593 e. The Morgan fingerprint density at radius 2 is 1.44 bits per heavy atom. The van der Waals surface area contributed by atoms with E-state index in [4.69, 9.17) is 4.74 Å². The van der Waals surface area contributed by atoms with Crippen LogP contribution in [0.3, 0.4) is 0 Å². The van der Waals surface area contributed by atoms with Gasteiger partial charge >= 0.3 is 0 Å². The van der Waals surface area contributed by atoms with E-state index in [-0.39, 0.29) is 12.4 Å². The average molecular weight is 358 g/mol. The van der Waals surface area contributed by atoms with Crippen molar-refractivity contribution < 1.29 is 4.74 Å². The molecule has 3 aliphatic rings. The number of halogens is 1. The van der Waals surface area contributed by atoms with Crippen molar-refractivity contribution in [2.45, 2.75) is 24.7 Å². The number of benzene rings is 2. The van der Waals surface area contributed by atoms with Crippen molar-refractivity contribution in [1.29, 1.82) is 0 Å². The maximum Gasteiger partial charge on any atom is 0.0593 e. The van der Waals surface area contributed by atoms with Crippen molar-refractivity contribution in [2.24, 2.45) is 5.92 Å². The Balaban J connectivity index is 0.00000182. The molecule has 1 unspecified atom stereocenters. The minimum absolute atomic E-state index is 0. The van der Waals surface area contributed by atoms with Gasteiger partial charge in [-0.25, -0.2) is 0 Å². The Bertz CT molecular complexity index is 667. The quantitative estimate of drug-likeness (QED) is 0.696. The zero-order valence-electron chi connectivity index (χ0n) is 15.2. The fourth-order valence-corrected chi connectivity index (χ4v) is 4.63. The zero-order chi connectivity index (χ0) is 16.5. The maximum absolute atomic E-state index is 5.89. The summed E-state index contributed by atoms with van der Waals surface area (Å²) in [6, 6.07) is 18.2. The van der Waals surface area contributed by atoms with E-state index in [1.165, 1.54) is 6.42 Å². The molecule has 0 heterocycles. The standard InChI is InChI=1S/C22H27NO.ClH/c1-23(2)12-14-24-13-11-16-15-21-17-7-3-5-9-19(17)22(16)20-10-6-4-8-18(20)21;/h3-10,16,21-22H,11-15H2,1-2H3;1H. The monoisotopic (exact) mass is 357 g/mol. The molecule has 2 aromatic rings. The first-order valence-corrected chi connectivity index (χ1v) is 9.16. The molecule has 0 aromatic heterocycles. The van der Waals surface area contributed by atoms with Gasteiger partial charge < -0.3 is 9.64 Å². The predicted molar refractivity (Wildman–Crippen MR) is 106 cm³/mol. The van der Waals surface area contributed by atoms with Crippen LogP contribution in [0.15, 0.2) is 48.5 Å². The summed E-state index contributed by atoms with van der Waals surface area (Å²) in [4.78, 5) is 2.18. The molecule has 0 saturated heterocycles. The minimum Gasteiger partial charge on any atom is -0.380 e. The zero-order valence-corrected chi connectivity index (χ0v) is 16.0. The van der Waals surface area contributed by atoms with Gasteiger partial charge in [-0.3, -0.25) is 0 Å². The molecule has 1 atom stereocenters. The van der Waals surface area contributed by atoms with Crippen LogP contribution in [0.1, 0.15) is 46.9 Å². The van der Waals surface area contributed by atoms with E-state index < -0.39 is 0 Å². The van der Waals surface area contributed by atoms with Crippen molar-refractivity contribution in [2.75, 3.05) is 33.9 Å². The molecule has 0 aliphatic heterocycles. The molecule has 0 amide bonds. The van der Waals surface area contributed by atoms with Gasteiger partial charge in [-0.15, -0.1) is 12.4 Å². The van der Waals surface area contributed by atoms with Crippen LogP contribution in [0.5, 0.6) is 0 Å². The minimum atomic E-state index is 0. The van der Waals surface area contributed by atoms with E-state index in [1.54, 1.807) is 22.3 Å². The normalized spacial score (nSPS) is 23.1. The molecule has 2 aromatic carbocycles. The fourth-order valence-electron chi connectivity index (χ4n) is 4.63.